The monoisotopic (exact) mass is 498 g/mol. The molecule has 10 atom stereocenters. The molecule has 0 aromatic carbocycles. The summed E-state index contributed by atoms with van der Waals surface area (Å²) in [7, 11) is 0. The summed E-state index contributed by atoms with van der Waals surface area (Å²) in [5.41, 5.74) is 7.62. The second-order valence-electron chi connectivity index (χ2n) is 15.3. The van der Waals surface area contributed by atoms with E-state index in [9.17, 15) is 9.90 Å². The van der Waals surface area contributed by atoms with Crippen LogP contribution in [0.5, 0.6) is 0 Å². The molecule has 5 fully saturated rings. The van der Waals surface area contributed by atoms with Crippen LogP contribution in [0.4, 0.5) is 0 Å². The van der Waals surface area contributed by atoms with E-state index in [4.69, 9.17) is 5.73 Å². The summed E-state index contributed by atoms with van der Waals surface area (Å²) >= 11 is 0. The maximum absolute atomic E-state index is 13.8. The summed E-state index contributed by atoms with van der Waals surface area (Å²) < 4.78 is 0. The van der Waals surface area contributed by atoms with Crippen LogP contribution >= 0.6 is 0 Å². The molecule has 4 nitrogen and oxygen atoms in total. The van der Waals surface area contributed by atoms with Gasteiger partial charge in [0.05, 0.1) is 11.5 Å². The number of carbonyl (C=O) groups excluding carboxylic acids is 1. The highest BCUT2D eigenvalue weighted by Gasteiger charge is 2.71. The number of hydrogen-bond donors (Lipinski definition) is 3. The smallest absolute Gasteiger partial charge is 0.226 e. The van der Waals surface area contributed by atoms with Gasteiger partial charge in [-0.05, 0) is 122 Å². The lowest BCUT2D eigenvalue weighted by atomic mass is 9.32. The van der Waals surface area contributed by atoms with Crippen LogP contribution in [0.2, 0.25) is 0 Å². The van der Waals surface area contributed by atoms with E-state index in [2.05, 4.69) is 53.4 Å². The molecule has 0 aliphatic heterocycles. The van der Waals surface area contributed by atoms with Gasteiger partial charge in [-0.1, -0.05) is 46.8 Å². The van der Waals surface area contributed by atoms with Gasteiger partial charge in [0.15, 0.2) is 0 Å². The third-order valence-electron chi connectivity index (χ3n) is 13.9. The van der Waals surface area contributed by atoms with Crippen molar-refractivity contribution in [3.8, 4) is 0 Å². The zero-order chi connectivity index (χ0) is 26.3. The molecule has 0 aromatic heterocycles. The maximum atomic E-state index is 13.8. The SMILES string of the molecule is C=C(C)[C@@H]1CC[C@]2(C(=O)NCCN)CC[C@]3(C)[C@H](CC[C@@H]4[C@@]5(C)CC[C@H](O)C(C)(C)[C@@H]5CC[C@]43C)[C@@H]12. The van der Waals surface area contributed by atoms with Crippen molar-refractivity contribution in [1.29, 1.82) is 0 Å². The van der Waals surface area contributed by atoms with Gasteiger partial charge in [-0.15, -0.1) is 0 Å². The van der Waals surface area contributed by atoms with E-state index in [0.29, 0.717) is 48.1 Å². The molecule has 5 rings (SSSR count). The van der Waals surface area contributed by atoms with Crippen LogP contribution in [-0.4, -0.2) is 30.2 Å². The molecule has 5 saturated carbocycles. The zero-order valence-corrected chi connectivity index (χ0v) is 24.1. The Kier molecular flexibility index (Phi) is 6.36. The average Bonchev–Trinajstić information content (AvgIpc) is 3.22. The van der Waals surface area contributed by atoms with Crippen LogP contribution in [-0.2, 0) is 4.79 Å². The molecule has 0 bridgehead atoms. The first-order valence-corrected chi connectivity index (χ1v) is 15.1. The number of nitrogens with two attached hydrogens (primary N) is 1. The number of carbonyl (C=O) groups is 1. The third-order valence-corrected chi connectivity index (χ3v) is 13.9. The number of aliphatic hydroxyl groups is 1. The van der Waals surface area contributed by atoms with Gasteiger partial charge in [-0.2, -0.15) is 0 Å². The van der Waals surface area contributed by atoms with Crippen molar-refractivity contribution in [2.75, 3.05) is 13.1 Å². The molecule has 0 radical (unpaired) electrons. The van der Waals surface area contributed by atoms with Crippen molar-refractivity contribution in [2.24, 2.45) is 62.4 Å². The first kappa shape index (κ1) is 26.7. The fourth-order valence-corrected chi connectivity index (χ4v) is 11.9. The van der Waals surface area contributed by atoms with Crippen molar-refractivity contribution in [1.82, 2.24) is 5.32 Å². The lowest BCUT2D eigenvalue weighted by Crippen LogP contribution is -2.67. The molecule has 0 aromatic rings. The normalized spacial score (nSPS) is 51.3. The van der Waals surface area contributed by atoms with Gasteiger partial charge in [0.1, 0.15) is 0 Å². The number of nitrogens with one attached hydrogen (secondary N) is 1. The Hall–Kier alpha value is -0.870. The first-order chi connectivity index (χ1) is 16.8. The molecule has 36 heavy (non-hydrogen) atoms. The minimum Gasteiger partial charge on any atom is -0.393 e. The van der Waals surface area contributed by atoms with E-state index in [1.807, 2.05) is 0 Å². The molecular formula is C32H54N2O2. The van der Waals surface area contributed by atoms with Crippen LogP contribution in [0.15, 0.2) is 12.2 Å². The maximum Gasteiger partial charge on any atom is 0.226 e. The fourth-order valence-electron chi connectivity index (χ4n) is 11.9. The van der Waals surface area contributed by atoms with E-state index >= 15 is 0 Å². The van der Waals surface area contributed by atoms with E-state index in [1.165, 1.54) is 31.3 Å². The fraction of sp³-hybridized carbons (Fsp3) is 0.906. The average molecular weight is 499 g/mol. The van der Waals surface area contributed by atoms with Crippen molar-refractivity contribution in [3.63, 3.8) is 0 Å². The van der Waals surface area contributed by atoms with Gasteiger partial charge in [-0.25, -0.2) is 0 Å². The van der Waals surface area contributed by atoms with E-state index in [-0.39, 0.29) is 33.7 Å². The molecular weight excluding hydrogens is 444 g/mol. The van der Waals surface area contributed by atoms with Crippen LogP contribution in [0.3, 0.4) is 0 Å². The van der Waals surface area contributed by atoms with E-state index < -0.39 is 0 Å². The van der Waals surface area contributed by atoms with Crippen LogP contribution in [0.1, 0.15) is 106 Å². The van der Waals surface area contributed by atoms with Gasteiger partial charge in [-0.3, -0.25) is 4.79 Å². The van der Waals surface area contributed by atoms with E-state index in [1.54, 1.807) is 0 Å². The highest BCUT2D eigenvalue weighted by molar-refractivity contribution is 5.83. The van der Waals surface area contributed by atoms with Crippen molar-refractivity contribution in [3.05, 3.63) is 12.2 Å². The minimum absolute atomic E-state index is 0.00855. The number of fused-ring (bicyclic) bond motifs is 7. The number of aliphatic hydroxyl groups excluding tert-OH is 1. The molecule has 1 amide bonds. The number of hydrogen-bond acceptors (Lipinski definition) is 3. The summed E-state index contributed by atoms with van der Waals surface area (Å²) in [4.78, 5) is 13.8. The molecule has 0 unspecified atom stereocenters. The molecule has 4 heteroatoms. The summed E-state index contributed by atoms with van der Waals surface area (Å²) in [6.45, 7) is 20.3. The second kappa shape index (κ2) is 8.57. The third kappa shape index (κ3) is 3.28. The summed E-state index contributed by atoms with van der Waals surface area (Å²) in [6, 6.07) is 0. The Morgan fingerprint density at radius 1 is 0.917 bits per heavy atom. The van der Waals surface area contributed by atoms with Crippen molar-refractivity contribution in [2.45, 2.75) is 112 Å². The molecule has 0 saturated heterocycles. The Bertz CT molecular complexity index is 914. The standard InChI is InChI=1S/C32H54N2O2/c1-20(2)21-10-15-32(27(36)34-19-18-33)17-16-30(6)22(26(21)32)8-9-24-29(5)13-12-25(35)28(3,4)23(29)11-14-31(24,30)7/h21-26,35H,1,8-19,33H2,2-7H3,(H,34,36)/t21-,22+,23-,24+,25-,26+,29-,30+,31+,32-/m0/s1. The topological polar surface area (TPSA) is 75.4 Å². The zero-order valence-electron chi connectivity index (χ0n) is 24.1. The molecule has 0 heterocycles. The number of allylic oxidation sites excluding steroid dienone is 1. The molecule has 4 N–H and O–H groups in total. The van der Waals surface area contributed by atoms with Gasteiger partial charge in [0.25, 0.3) is 0 Å². The Morgan fingerprint density at radius 3 is 2.31 bits per heavy atom. The predicted octanol–water partition coefficient (Wildman–Crippen LogP) is 6.08. The first-order valence-electron chi connectivity index (χ1n) is 15.1. The quantitative estimate of drug-likeness (QED) is 0.411. The molecule has 0 spiro atoms. The van der Waals surface area contributed by atoms with Gasteiger partial charge in [0.2, 0.25) is 5.91 Å². The number of amides is 1. The largest absolute Gasteiger partial charge is 0.393 e. The second-order valence-corrected chi connectivity index (χ2v) is 15.3. The predicted molar refractivity (Wildman–Crippen MR) is 147 cm³/mol. The minimum atomic E-state index is -0.246. The van der Waals surface area contributed by atoms with Gasteiger partial charge < -0.3 is 16.2 Å². The Morgan fingerprint density at radius 2 is 1.64 bits per heavy atom. The van der Waals surface area contributed by atoms with Crippen LogP contribution in [0, 0.1) is 56.7 Å². The summed E-state index contributed by atoms with van der Waals surface area (Å²) in [6.07, 6.45) is 11.2. The summed E-state index contributed by atoms with van der Waals surface area (Å²) in [5.74, 6) is 2.98. The van der Waals surface area contributed by atoms with Gasteiger partial charge in [0, 0.05) is 13.1 Å². The Balaban J connectivity index is 1.54. The number of rotatable bonds is 4. The molecule has 5 aliphatic carbocycles. The molecule has 204 valence electrons. The van der Waals surface area contributed by atoms with Crippen molar-refractivity contribution < 1.29 is 9.90 Å². The van der Waals surface area contributed by atoms with Crippen molar-refractivity contribution >= 4 is 5.91 Å². The highest BCUT2D eigenvalue weighted by Crippen LogP contribution is 2.77. The lowest BCUT2D eigenvalue weighted by molar-refractivity contribution is -0.246. The van der Waals surface area contributed by atoms with Gasteiger partial charge >= 0.3 is 0 Å². The Labute approximate surface area is 220 Å². The van der Waals surface area contributed by atoms with E-state index in [0.717, 1.165) is 38.5 Å². The highest BCUT2D eigenvalue weighted by atomic mass is 16.3. The molecule has 5 aliphatic rings. The van der Waals surface area contributed by atoms with Crippen LogP contribution in [0.25, 0.3) is 0 Å². The van der Waals surface area contributed by atoms with Crippen LogP contribution < -0.4 is 11.1 Å². The lowest BCUT2D eigenvalue weighted by Gasteiger charge is -2.72. The summed E-state index contributed by atoms with van der Waals surface area (Å²) in [5, 5.41) is 14.2.